The van der Waals surface area contributed by atoms with Crippen molar-refractivity contribution in [3.8, 4) is 0 Å². The molecular weight excluding hydrogens is 580 g/mol. The summed E-state index contributed by atoms with van der Waals surface area (Å²) >= 11 is 0. The lowest BCUT2D eigenvalue weighted by Gasteiger charge is -2.37. The van der Waals surface area contributed by atoms with Crippen molar-refractivity contribution >= 4 is 21.6 Å². The second kappa shape index (κ2) is 13.4. The average Bonchev–Trinajstić information content (AvgIpc) is 3.42. The van der Waals surface area contributed by atoms with E-state index in [1.807, 2.05) is 110 Å². The first-order valence-electron chi connectivity index (χ1n) is 15.9. The van der Waals surface area contributed by atoms with E-state index in [1.54, 1.807) is 0 Å². The summed E-state index contributed by atoms with van der Waals surface area (Å²) in [5.74, 6) is 0.295. The lowest BCUT2D eigenvalue weighted by atomic mass is 9.79. The minimum atomic E-state index is -3.26. The number of rotatable bonds is 10. The number of esters is 1. The van der Waals surface area contributed by atoms with E-state index in [0.717, 1.165) is 59.9 Å². The predicted octanol–water partition coefficient (Wildman–Crippen LogP) is 7.40. The van der Waals surface area contributed by atoms with Crippen LogP contribution in [0.5, 0.6) is 0 Å². The maximum absolute atomic E-state index is 14.3. The third kappa shape index (κ3) is 6.32. The van der Waals surface area contributed by atoms with Crippen molar-refractivity contribution in [3.05, 3.63) is 143 Å². The summed E-state index contributed by atoms with van der Waals surface area (Å²) in [5.41, 5.74) is 2.93. The molecule has 0 saturated heterocycles. The molecule has 45 heavy (non-hydrogen) atoms. The van der Waals surface area contributed by atoms with Crippen molar-refractivity contribution < 1.29 is 17.9 Å². The molecule has 0 spiro atoms. The summed E-state index contributed by atoms with van der Waals surface area (Å²) in [6.45, 7) is 2.53. The van der Waals surface area contributed by atoms with E-state index in [-0.39, 0.29) is 17.6 Å². The van der Waals surface area contributed by atoms with Crippen molar-refractivity contribution in [2.75, 3.05) is 6.61 Å². The number of hydrogen-bond acceptors (Lipinski definition) is 6. The van der Waals surface area contributed by atoms with Crippen molar-refractivity contribution in [3.63, 3.8) is 0 Å². The van der Waals surface area contributed by atoms with Gasteiger partial charge in [-0.25, -0.2) is 18.2 Å². The molecular formula is C38H40N2O4S. The summed E-state index contributed by atoms with van der Waals surface area (Å²) in [5, 5.41) is -0.265. The molecule has 1 aliphatic heterocycles. The molecule has 0 N–H and O–H groups in total. The number of hydrogen-bond donors (Lipinski definition) is 0. The Labute approximate surface area is 266 Å². The minimum absolute atomic E-state index is 0.0177. The smallest absolute Gasteiger partial charge is 0.341 e. The van der Waals surface area contributed by atoms with Crippen molar-refractivity contribution in [2.24, 2.45) is 4.99 Å². The summed E-state index contributed by atoms with van der Waals surface area (Å²) < 4.78 is 32.4. The molecule has 0 aromatic heterocycles. The zero-order valence-corrected chi connectivity index (χ0v) is 26.5. The number of ether oxygens (including phenoxy) is 1. The van der Waals surface area contributed by atoms with Gasteiger partial charge >= 0.3 is 5.97 Å². The number of nitrogens with zero attached hydrogens (tertiary/aromatic N) is 2. The maximum Gasteiger partial charge on any atom is 0.341 e. The van der Waals surface area contributed by atoms with Crippen LogP contribution >= 0.6 is 0 Å². The molecule has 1 aliphatic carbocycles. The van der Waals surface area contributed by atoms with Gasteiger partial charge in [-0.1, -0.05) is 135 Å². The first kappa shape index (κ1) is 30.8. The summed E-state index contributed by atoms with van der Waals surface area (Å²) in [6, 6.07) is 36.9. The minimum Gasteiger partial charge on any atom is -0.464 e. The van der Waals surface area contributed by atoms with Gasteiger partial charge in [-0.15, -0.1) is 0 Å². The molecule has 0 amide bonds. The van der Waals surface area contributed by atoms with Gasteiger partial charge in [-0.05, 0) is 42.0 Å². The second-order valence-electron chi connectivity index (χ2n) is 12.0. The first-order chi connectivity index (χ1) is 21.9. The Morgan fingerprint density at radius 1 is 0.800 bits per heavy atom. The monoisotopic (exact) mass is 620 g/mol. The molecule has 2 atom stereocenters. The number of carbonyl (C=O) groups excluding carboxylic acids is 1. The van der Waals surface area contributed by atoms with Gasteiger partial charge in [0, 0.05) is 12.1 Å². The molecule has 6 nitrogen and oxygen atoms in total. The van der Waals surface area contributed by atoms with Crippen LogP contribution in [-0.4, -0.2) is 37.0 Å². The van der Waals surface area contributed by atoms with Crippen molar-refractivity contribution in [1.82, 2.24) is 4.90 Å². The summed E-state index contributed by atoms with van der Waals surface area (Å²) in [4.78, 5) is 21.8. The summed E-state index contributed by atoms with van der Waals surface area (Å²) in [7, 11) is -3.26. The predicted molar refractivity (Wildman–Crippen MR) is 178 cm³/mol. The van der Waals surface area contributed by atoms with Crippen LogP contribution in [0, 0.1) is 0 Å². The van der Waals surface area contributed by atoms with Crippen LogP contribution in [0.4, 0.5) is 0 Å². The molecule has 0 unspecified atom stereocenters. The Morgan fingerprint density at radius 2 is 1.40 bits per heavy atom. The highest BCUT2D eigenvalue weighted by Crippen LogP contribution is 2.50. The molecule has 1 fully saturated rings. The normalized spacial score (nSPS) is 20.5. The summed E-state index contributed by atoms with van der Waals surface area (Å²) in [6.07, 6.45) is 4.55. The molecule has 1 saturated carbocycles. The van der Waals surface area contributed by atoms with Gasteiger partial charge in [0.2, 0.25) is 5.54 Å². The fourth-order valence-electron chi connectivity index (χ4n) is 6.83. The second-order valence-corrected chi connectivity index (χ2v) is 14.3. The lowest BCUT2D eigenvalue weighted by molar-refractivity contribution is -0.151. The van der Waals surface area contributed by atoms with E-state index < -0.39 is 27.4 Å². The van der Waals surface area contributed by atoms with Gasteiger partial charge < -0.3 is 9.64 Å². The van der Waals surface area contributed by atoms with Crippen LogP contribution in [0.2, 0.25) is 0 Å². The van der Waals surface area contributed by atoms with Crippen molar-refractivity contribution in [2.45, 2.75) is 68.2 Å². The van der Waals surface area contributed by atoms with Gasteiger partial charge in [0.1, 0.15) is 5.84 Å². The third-order valence-electron chi connectivity index (χ3n) is 9.01. The quantitative estimate of drug-likeness (QED) is 0.173. The maximum atomic E-state index is 14.3. The van der Waals surface area contributed by atoms with Crippen LogP contribution in [0.25, 0.3) is 0 Å². The van der Waals surface area contributed by atoms with Crippen LogP contribution in [-0.2, 0) is 37.2 Å². The zero-order chi connectivity index (χ0) is 31.3. The van der Waals surface area contributed by atoms with E-state index >= 15 is 0 Å². The molecule has 2 aliphatic rings. The van der Waals surface area contributed by atoms with Gasteiger partial charge in [0.15, 0.2) is 9.84 Å². The molecule has 0 radical (unpaired) electrons. The number of benzene rings is 4. The topological polar surface area (TPSA) is 76.0 Å². The van der Waals surface area contributed by atoms with Gasteiger partial charge in [-0.3, -0.25) is 0 Å². The molecule has 4 aromatic carbocycles. The van der Waals surface area contributed by atoms with Crippen LogP contribution in [0.3, 0.4) is 0 Å². The fourth-order valence-corrected chi connectivity index (χ4v) is 8.77. The number of sulfone groups is 1. The van der Waals surface area contributed by atoms with Gasteiger partial charge in [0.25, 0.3) is 0 Å². The van der Waals surface area contributed by atoms with E-state index in [4.69, 9.17) is 9.73 Å². The molecule has 7 heteroatoms. The van der Waals surface area contributed by atoms with Crippen molar-refractivity contribution in [1.29, 1.82) is 0 Å². The molecule has 6 rings (SSSR count). The van der Waals surface area contributed by atoms with Gasteiger partial charge in [0.05, 0.1) is 23.7 Å². The average molecular weight is 621 g/mol. The zero-order valence-electron chi connectivity index (χ0n) is 25.7. The van der Waals surface area contributed by atoms with E-state index in [9.17, 15) is 13.2 Å². The molecule has 1 heterocycles. The van der Waals surface area contributed by atoms with E-state index in [2.05, 4.69) is 17.0 Å². The Balaban J connectivity index is 1.49. The van der Waals surface area contributed by atoms with Gasteiger partial charge in [-0.2, -0.15) is 0 Å². The first-order valence-corrected chi connectivity index (χ1v) is 17.6. The van der Waals surface area contributed by atoms with Crippen LogP contribution in [0.15, 0.2) is 120 Å². The standard InChI is InChI=1S/C38H40N2O4S/c1-2-44-37(41)38(33-19-11-5-12-20-33)35(31-25-23-30(24-26-31)28-45(42,43)34-21-13-6-14-22-34)40(27-29-15-7-3-8-16-29)36(39-38)32-17-9-4-10-18-32/h3-5,7-12,15-20,23-26,34-35H,2,6,13-14,21-22,27-28H2,1H3/t35-,38-/m1/s1. The Kier molecular flexibility index (Phi) is 9.17. The highest BCUT2D eigenvalue weighted by molar-refractivity contribution is 7.91. The fraction of sp³-hybridized carbons (Fsp3) is 0.316. The number of carbonyl (C=O) groups is 1. The number of amidine groups is 1. The largest absolute Gasteiger partial charge is 0.464 e. The molecule has 4 aromatic rings. The Morgan fingerprint density at radius 3 is 2.02 bits per heavy atom. The number of aliphatic imine (C=N–C) groups is 1. The molecule has 0 bridgehead atoms. The van der Waals surface area contributed by atoms with E-state index in [0.29, 0.717) is 12.4 Å². The SMILES string of the molecule is CCOC(=O)[C@]1(c2ccccc2)N=C(c2ccccc2)N(Cc2ccccc2)[C@@H]1c1ccc(CS(=O)(=O)C2CCCCC2)cc1. The van der Waals surface area contributed by atoms with Crippen LogP contribution < -0.4 is 0 Å². The lowest BCUT2D eigenvalue weighted by Crippen LogP contribution is -2.44. The Hall–Kier alpha value is -4.23. The molecule has 232 valence electrons. The Bertz CT molecular complexity index is 1720. The third-order valence-corrected chi connectivity index (χ3v) is 11.2. The highest BCUT2D eigenvalue weighted by Gasteiger charge is 2.57. The van der Waals surface area contributed by atoms with Crippen LogP contribution in [0.1, 0.15) is 72.9 Å². The highest BCUT2D eigenvalue weighted by atomic mass is 32.2. The van der Waals surface area contributed by atoms with E-state index in [1.165, 1.54) is 0 Å².